The van der Waals surface area contributed by atoms with Crippen molar-refractivity contribution in [1.29, 1.82) is 0 Å². The van der Waals surface area contributed by atoms with Crippen molar-refractivity contribution >= 4 is 0 Å². The third-order valence-corrected chi connectivity index (χ3v) is 1.59. The average molecular weight is 132 g/mol. The highest BCUT2D eigenvalue weighted by molar-refractivity contribution is 4.78. The smallest absolute Gasteiger partial charge is 0.107 e. The first kappa shape index (κ1) is 6.99. The van der Waals surface area contributed by atoms with E-state index in [9.17, 15) is 0 Å². The van der Waals surface area contributed by atoms with Gasteiger partial charge in [0.25, 0.3) is 0 Å². The highest BCUT2D eigenvalue weighted by Crippen LogP contribution is 2.18. The molecule has 1 fully saturated rings. The molecule has 0 aromatic heterocycles. The summed E-state index contributed by atoms with van der Waals surface area (Å²) in [7, 11) is 0. The first-order valence-corrected chi connectivity index (χ1v) is 3.18. The molecule has 1 rings (SSSR count). The molecule has 0 aliphatic carbocycles. The van der Waals surface area contributed by atoms with Crippen molar-refractivity contribution < 1.29 is 14.9 Å². The molecule has 1 heterocycles. The van der Waals surface area contributed by atoms with Gasteiger partial charge >= 0.3 is 0 Å². The van der Waals surface area contributed by atoms with Crippen LogP contribution in [0.4, 0.5) is 0 Å². The minimum Gasteiger partial charge on any atom is -0.394 e. The van der Waals surface area contributed by atoms with Gasteiger partial charge in [-0.15, -0.1) is 0 Å². The molecule has 9 heavy (non-hydrogen) atoms. The highest BCUT2D eigenvalue weighted by atomic mass is 16.5. The summed E-state index contributed by atoms with van der Waals surface area (Å²) in [5, 5.41) is 17.6. The zero-order valence-electron chi connectivity index (χ0n) is 5.45. The molecule has 3 atom stereocenters. The van der Waals surface area contributed by atoms with E-state index in [1.54, 1.807) is 0 Å². The van der Waals surface area contributed by atoms with Crippen molar-refractivity contribution in [2.75, 3.05) is 6.61 Å². The first-order valence-electron chi connectivity index (χ1n) is 3.18. The van der Waals surface area contributed by atoms with E-state index in [2.05, 4.69) is 0 Å². The molecule has 1 aliphatic heterocycles. The monoisotopic (exact) mass is 132 g/mol. The van der Waals surface area contributed by atoms with Crippen LogP contribution in [0.1, 0.15) is 13.3 Å². The molecule has 0 unspecified atom stereocenters. The van der Waals surface area contributed by atoms with Gasteiger partial charge in [0.1, 0.15) is 6.10 Å². The molecular weight excluding hydrogens is 120 g/mol. The Morgan fingerprint density at radius 2 is 2.33 bits per heavy atom. The van der Waals surface area contributed by atoms with Crippen molar-refractivity contribution in [1.82, 2.24) is 0 Å². The van der Waals surface area contributed by atoms with Crippen molar-refractivity contribution in [2.45, 2.75) is 31.7 Å². The Hall–Kier alpha value is -0.120. The Labute approximate surface area is 54.3 Å². The molecule has 54 valence electrons. The third-order valence-electron chi connectivity index (χ3n) is 1.59. The van der Waals surface area contributed by atoms with Gasteiger partial charge in [-0.3, -0.25) is 0 Å². The van der Waals surface area contributed by atoms with Crippen molar-refractivity contribution in [3.63, 3.8) is 0 Å². The van der Waals surface area contributed by atoms with Crippen molar-refractivity contribution in [3.05, 3.63) is 0 Å². The van der Waals surface area contributed by atoms with Crippen molar-refractivity contribution in [3.8, 4) is 0 Å². The van der Waals surface area contributed by atoms with Crippen LogP contribution in [0.3, 0.4) is 0 Å². The van der Waals surface area contributed by atoms with Gasteiger partial charge in [0.05, 0.1) is 18.8 Å². The van der Waals surface area contributed by atoms with Gasteiger partial charge in [0.15, 0.2) is 0 Å². The van der Waals surface area contributed by atoms with Gasteiger partial charge < -0.3 is 14.9 Å². The maximum absolute atomic E-state index is 9.07. The highest BCUT2D eigenvalue weighted by Gasteiger charge is 2.30. The van der Waals surface area contributed by atoms with Crippen LogP contribution < -0.4 is 0 Å². The Bertz CT molecular complexity index is 94.3. The zero-order valence-corrected chi connectivity index (χ0v) is 5.45. The molecule has 0 saturated carbocycles. The van der Waals surface area contributed by atoms with Crippen LogP contribution in [0.25, 0.3) is 0 Å². The molecule has 0 radical (unpaired) electrons. The second-order valence-electron chi connectivity index (χ2n) is 2.47. The van der Waals surface area contributed by atoms with Crippen LogP contribution in [0, 0.1) is 0 Å². The minimum atomic E-state index is -0.468. The molecular formula is C6H12O3. The maximum Gasteiger partial charge on any atom is 0.107 e. The van der Waals surface area contributed by atoms with E-state index in [1.165, 1.54) is 0 Å². The van der Waals surface area contributed by atoms with Crippen LogP contribution in [0.5, 0.6) is 0 Å². The van der Waals surface area contributed by atoms with Gasteiger partial charge in [0, 0.05) is 6.42 Å². The topological polar surface area (TPSA) is 49.7 Å². The predicted molar refractivity (Wildman–Crippen MR) is 32.0 cm³/mol. The standard InChI is InChI=1S/C6H12O3/c1-4-2-5(8)6(3-7)9-4/h4-8H,2-3H2,1H3/t4-,5-,6+/m0/s1. The fraction of sp³-hybridized carbons (Fsp3) is 1.00. The summed E-state index contributed by atoms with van der Waals surface area (Å²) < 4.78 is 5.12. The van der Waals surface area contributed by atoms with Crippen LogP contribution in [-0.4, -0.2) is 35.1 Å². The van der Waals surface area contributed by atoms with Gasteiger partial charge in [-0.05, 0) is 6.92 Å². The van der Waals surface area contributed by atoms with Crippen LogP contribution in [0.15, 0.2) is 0 Å². The third kappa shape index (κ3) is 1.41. The minimum absolute atomic E-state index is 0.0779. The molecule has 1 aliphatic rings. The summed E-state index contributed by atoms with van der Waals surface area (Å²) in [5.74, 6) is 0. The van der Waals surface area contributed by atoms with Gasteiger partial charge in [-0.2, -0.15) is 0 Å². The van der Waals surface area contributed by atoms with Gasteiger partial charge in [-0.1, -0.05) is 0 Å². The predicted octanol–water partition coefficient (Wildman–Crippen LogP) is -0.483. The van der Waals surface area contributed by atoms with Crippen molar-refractivity contribution in [2.24, 2.45) is 0 Å². The summed E-state index contributed by atoms with van der Waals surface area (Å²) in [5.41, 5.74) is 0. The van der Waals surface area contributed by atoms with E-state index >= 15 is 0 Å². The Balaban J connectivity index is 2.38. The number of hydrogen-bond acceptors (Lipinski definition) is 3. The molecule has 0 aromatic carbocycles. The first-order chi connectivity index (χ1) is 4.24. The summed E-state index contributed by atoms with van der Waals surface area (Å²) in [6.07, 6.45) is -0.0762. The fourth-order valence-electron chi connectivity index (χ4n) is 1.10. The lowest BCUT2D eigenvalue weighted by molar-refractivity contribution is -0.0170. The lowest BCUT2D eigenvalue weighted by Crippen LogP contribution is -2.24. The number of ether oxygens (including phenoxy) is 1. The SMILES string of the molecule is C[C@H]1C[C@H](O)[C@@H](CO)O1. The van der Waals surface area contributed by atoms with Crippen LogP contribution >= 0.6 is 0 Å². The normalized spacial score (nSPS) is 43.7. The summed E-state index contributed by atoms with van der Waals surface area (Å²) in [4.78, 5) is 0. The Kier molecular flexibility index (Phi) is 2.05. The molecule has 0 amide bonds. The Morgan fingerprint density at radius 3 is 2.56 bits per heavy atom. The van der Waals surface area contributed by atoms with E-state index in [1.807, 2.05) is 6.92 Å². The largest absolute Gasteiger partial charge is 0.394 e. The summed E-state index contributed by atoms with van der Waals surface area (Å²) >= 11 is 0. The summed E-state index contributed by atoms with van der Waals surface area (Å²) in [6.45, 7) is 1.81. The molecule has 1 saturated heterocycles. The average Bonchev–Trinajstić information content (AvgIpc) is 2.10. The number of rotatable bonds is 1. The maximum atomic E-state index is 9.07. The van der Waals surface area contributed by atoms with E-state index in [0.29, 0.717) is 6.42 Å². The summed E-state index contributed by atoms with van der Waals surface area (Å²) in [6, 6.07) is 0. The second-order valence-corrected chi connectivity index (χ2v) is 2.47. The second kappa shape index (κ2) is 2.64. The molecule has 3 nitrogen and oxygen atoms in total. The number of hydrogen-bond donors (Lipinski definition) is 2. The van der Waals surface area contributed by atoms with E-state index < -0.39 is 6.10 Å². The lowest BCUT2D eigenvalue weighted by atomic mass is 10.1. The molecule has 0 spiro atoms. The van der Waals surface area contributed by atoms with E-state index in [4.69, 9.17) is 14.9 Å². The van der Waals surface area contributed by atoms with Crippen LogP contribution in [-0.2, 0) is 4.74 Å². The van der Waals surface area contributed by atoms with E-state index in [-0.39, 0.29) is 18.8 Å². The number of aliphatic hydroxyl groups excluding tert-OH is 2. The van der Waals surface area contributed by atoms with Gasteiger partial charge in [0.2, 0.25) is 0 Å². The quantitative estimate of drug-likeness (QED) is 0.506. The molecule has 0 bridgehead atoms. The Morgan fingerprint density at radius 1 is 1.67 bits per heavy atom. The fourth-order valence-corrected chi connectivity index (χ4v) is 1.10. The molecule has 0 aromatic rings. The number of aliphatic hydroxyl groups is 2. The van der Waals surface area contributed by atoms with Gasteiger partial charge in [-0.25, -0.2) is 0 Å². The lowest BCUT2D eigenvalue weighted by Gasteiger charge is -2.08. The van der Waals surface area contributed by atoms with Crippen LogP contribution in [0.2, 0.25) is 0 Å². The molecule has 3 heteroatoms. The molecule has 2 N–H and O–H groups in total. The van der Waals surface area contributed by atoms with E-state index in [0.717, 1.165) is 0 Å². The zero-order chi connectivity index (χ0) is 6.85.